The zero-order valence-electron chi connectivity index (χ0n) is 11.5. The molecule has 0 aliphatic carbocycles. The Morgan fingerprint density at radius 1 is 1.22 bits per heavy atom. The van der Waals surface area contributed by atoms with Crippen LogP contribution in [0, 0.1) is 0 Å². The molecule has 0 saturated heterocycles. The van der Waals surface area contributed by atoms with Gasteiger partial charge >= 0.3 is 0 Å². The lowest BCUT2D eigenvalue weighted by Crippen LogP contribution is -2.17. The molecule has 1 aromatic carbocycles. The van der Waals surface area contributed by atoms with Crippen molar-refractivity contribution in [2.75, 3.05) is 19.7 Å². The van der Waals surface area contributed by atoms with Gasteiger partial charge in [0.15, 0.2) is 0 Å². The summed E-state index contributed by atoms with van der Waals surface area (Å²) >= 11 is 0. The van der Waals surface area contributed by atoms with Gasteiger partial charge in [0.25, 0.3) is 0 Å². The van der Waals surface area contributed by atoms with Gasteiger partial charge < -0.3 is 10.1 Å². The highest BCUT2D eigenvalue weighted by atomic mass is 16.5. The van der Waals surface area contributed by atoms with Crippen LogP contribution in [-0.4, -0.2) is 19.7 Å². The molecule has 0 fully saturated rings. The van der Waals surface area contributed by atoms with Gasteiger partial charge in [0, 0.05) is 0 Å². The fraction of sp³-hybridized carbons (Fsp3) is 0.625. The van der Waals surface area contributed by atoms with Crippen LogP contribution in [0.3, 0.4) is 0 Å². The van der Waals surface area contributed by atoms with Crippen molar-refractivity contribution in [2.45, 2.75) is 44.9 Å². The second-order valence-electron chi connectivity index (χ2n) is 5.12. The maximum Gasteiger partial charge on any atom is 0.122 e. The SMILES string of the molecule is CCCNCCCCC1CCOc2ccccc21. The quantitative estimate of drug-likeness (QED) is 0.741. The molecule has 1 unspecified atom stereocenters. The van der Waals surface area contributed by atoms with Crippen molar-refractivity contribution >= 4 is 0 Å². The Balaban J connectivity index is 1.74. The van der Waals surface area contributed by atoms with Crippen LogP contribution in [0.5, 0.6) is 5.75 Å². The minimum atomic E-state index is 0.709. The van der Waals surface area contributed by atoms with E-state index in [1.54, 1.807) is 0 Å². The average Bonchev–Trinajstić information content (AvgIpc) is 2.43. The predicted octanol–water partition coefficient (Wildman–Crippen LogP) is 3.72. The number of ether oxygens (including phenoxy) is 1. The van der Waals surface area contributed by atoms with E-state index in [4.69, 9.17) is 4.74 Å². The number of unbranched alkanes of at least 4 members (excludes halogenated alkanes) is 1. The zero-order chi connectivity index (χ0) is 12.6. The number of nitrogens with one attached hydrogen (secondary N) is 1. The van der Waals surface area contributed by atoms with Gasteiger partial charge in [-0.2, -0.15) is 0 Å². The molecule has 1 atom stereocenters. The third-order valence-electron chi connectivity index (χ3n) is 3.67. The van der Waals surface area contributed by atoms with E-state index in [1.807, 2.05) is 0 Å². The minimum Gasteiger partial charge on any atom is -0.493 e. The van der Waals surface area contributed by atoms with Gasteiger partial charge in [-0.1, -0.05) is 31.5 Å². The van der Waals surface area contributed by atoms with Gasteiger partial charge in [-0.15, -0.1) is 0 Å². The Bertz CT molecular complexity index is 351. The Morgan fingerprint density at radius 3 is 3.00 bits per heavy atom. The molecule has 2 nitrogen and oxygen atoms in total. The number of para-hydroxylation sites is 1. The molecule has 100 valence electrons. The largest absolute Gasteiger partial charge is 0.493 e. The maximum absolute atomic E-state index is 5.70. The normalized spacial score (nSPS) is 18.2. The molecule has 2 rings (SSSR count). The summed E-state index contributed by atoms with van der Waals surface area (Å²) in [5.74, 6) is 1.82. The average molecular weight is 247 g/mol. The molecule has 1 aliphatic heterocycles. The topological polar surface area (TPSA) is 21.3 Å². The van der Waals surface area contributed by atoms with Crippen LogP contribution < -0.4 is 10.1 Å². The first-order valence-electron chi connectivity index (χ1n) is 7.34. The molecule has 0 amide bonds. The molecule has 1 N–H and O–H groups in total. The van der Waals surface area contributed by atoms with Crippen molar-refractivity contribution in [3.8, 4) is 5.75 Å². The van der Waals surface area contributed by atoms with Crippen LogP contribution in [0.1, 0.15) is 50.5 Å². The van der Waals surface area contributed by atoms with Crippen LogP contribution in [0.15, 0.2) is 24.3 Å². The van der Waals surface area contributed by atoms with Gasteiger partial charge in [0.05, 0.1) is 6.61 Å². The van der Waals surface area contributed by atoms with E-state index in [2.05, 4.69) is 36.5 Å². The molecule has 1 heterocycles. The second kappa shape index (κ2) is 7.42. The number of benzene rings is 1. The van der Waals surface area contributed by atoms with Gasteiger partial charge in [-0.05, 0) is 56.3 Å². The molecule has 0 aromatic heterocycles. The van der Waals surface area contributed by atoms with Crippen LogP contribution in [-0.2, 0) is 0 Å². The standard InChI is InChI=1S/C16H25NO/c1-2-11-17-12-6-5-7-14-10-13-18-16-9-4-3-8-15(14)16/h3-4,8-9,14,17H,2,5-7,10-13H2,1H3. The van der Waals surface area contributed by atoms with Crippen LogP contribution in [0.25, 0.3) is 0 Å². The first-order chi connectivity index (χ1) is 8.92. The van der Waals surface area contributed by atoms with E-state index >= 15 is 0 Å². The highest BCUT2D eigenvalue weighted by molar-refractivity contribution is 5.37. The predicted molar refractivity (Wildman–Crippen MR) is 76.3 cm³/mol. The van der Waals surface area contributed by atoms with E-state index in [1.165, 1.54) is 44.2 Å². The second-order valence-corrected chi connectivity index (χ2v) is 5.12. The number of hydrogen-bond donors (Lipinski definition) is 1. The van der Waals surface area contributed by atoms with Crippen molar-refractivity contribution in [1.29, 1.82) is 0 Å². The van der Waals surface area contributed by atoms with Crippen molar-refractivity contribution in [2.24, 2.45) is 0 Å². The summed E-state index contributed by atoms with van der Waals surface area (Å²) in [6.45, 7) is 5.42. The van der Waals surface area contributed by atoms with Crippen molar-refractivity contribution in [3.05, 3.63) is 29.8 Å². The van der Waals surface area contributed by atoms with Crippen LogP contribution >= 0.6 is 0 Å². The van der Waals surface area contributed by atoms with E-state index in [-0.39, 0.29) is 0 Å². The van der Waals surface area contributed by atoms with Crippen LogP contribution in [0.2, 0.25) is 0 Å². The van der Waals surface area contributed by atoms with Crippen molar-refractivity contribution < 1.29 is 4.74 Å². The Hall–Kier alpha value is -1.02. The minimum absolute atomic E-state index is 0.709. The maximum atomic E-state index is 5.70. The van der Waals surface area contributed by atoms with Crippen molar-refractivity contribution in [1.82, 2.24) is 5.32 Å². The molecule has 0 spiro atoms. The van der Waals surface area contributed by atoms with Gasteiger partial charge in [0.2, 0.25) is 0 Å². The highest BCUT2D eigenvalue weighted by Gasteiger charge is 2.20. The summed E-state index contributed by atoms with van der Waals surface area (Å²) in [7, 11) is 0. The first kappa shape index (κ1) is 13.4. The molecule has 0 bridgehead atoms. The molecule has 0 radical (unpaired) electrons. The highest BCUT2D eigenvalue weighted by Crippen LogP contribution is 2.36. The Labute approximate surface area is 111 Å². The third kappa shape index (κ3) is 3.74. The lowest BCUT2D eigenvalue weighted by Gasteiger charge is -2.25. The Morgan fingerprint density at radius 2 is 2.11 bits per heavy atom. The monoisotopic (exact) mass is 247 g/mol. The van der Waals surface area contributed by atoms with Gasteiger partial charge in [0.1, 0.15) is 5.75 Å². The molecule has 1 aromatic rings. The van der Waals surface area contributed by atoms with E-state index in [0.717, 1.165) is 18.9 Å². The lowest BCUT2D eigenvalue weighted by molar-refractivity contribution is 0.261. The summed E-state index contributed by atoms with van der Waals surface area (Å²) in [4.78, 5) is 0. The van der Waals surface area contributed by atoms with Crippen molar-refractivity contribution in [3.63, 3.8) is 0 Å². The number of hydrogen-bond acceptors (Lipinski definition) is 2. The first-order valence-corrected chi connectivity index (χ1v) is 7.34. The summed E-state index contributed by atoms with van der Waals surface area (Å²) in [6.07, 6.45) is 6.32. The number of rotatable bonds is 7. The zero-order valence-corrected chi connectivity index (χ0v) is 11.5. The van der Waals surface area contributed by atoms with Gasteiger partial charge in [-0.3, -0.25) is 0 Å². The summed E-state index contributed by atoms with van der Waals surface area (Å²) < 4.78 is 5.70. The van der Waals surface area contributed by atoms with E-state index in [0.29, 0.717) is 5.92 Å². The fourth-order valence-corrected chi connectivity index (χ4v) is 2.66. The molecular weight excluding hydrogens is 222 g/mol. The Kier molecular flexibility index (Phi) is 5.53. The molecule has 0 saturated carbocycles. The van der Waals surface area contributed by atoms with E-state index < -0.39 is 0 Å². The number of fused-ring (bicyclic) bond motifs is 1. The third-order valence-corrected chi connectivity index (χ3v) is 3.67. The molecule has 18 heavy (non-hydrogen) atoms. The smallest absolute Gasteiger partial charge is 0.122 e. The molecular formula is C16H25NO. The lowest BCUT2D eigenvalue weighted by atomic mass is 9.89. The van der Waals surface area contributed by atoms with E-state index in [9.17, 15) is 0 Å². The van der Waals surface area contributed by atoms with Crippen LogP contribution in [0.4, 0.5) is 0 Å². The summed E-state index contributed by atoms with van der Waals surface area (Å²) in [6, 6.07) is 8.53. The fourth-order valence-electron chi connectivity index (χ4n) is 2.66. The summed E-state index contributed by atoms with van der Waals surface area (Å²) in [5, 5.41) is 3.47. The molecule has 2 heteroatoms. The summed E-state index contributed by atoms with van der Waals surface area (Å²) in [5.41, 5.74) is 1.42. The molecule has 1 aliphatic rings. The van der Waals surface area contributed by atoms with Gasteiger partial charge in [-0.25, -0.2) is 0 Å².